The first-order valence-electron chi connectivity index (χ1n) is 7.55. The highest BCUT2D eigenvalue weighted by Gasteiger charge is 2.17. The number of likely N-dealkylation sites (tertiary alicyclic amines) is 1. The van der Waals surface area contributed by atoms with Crippen LogP contribution in [0.2, 0.25) is 5.02 Å². The van der Waals surface area contributed by atoms with E-state index < -0.39 is 0 Å². The van der Waals surface area contributed by atoms with Crippen molar-refractivity contribution in [1.82, 2.24) is 10.2 Å². The number of nitrogens with one attached hydrogen (secondary N) is 1. The molecule has 1 fully saturated rings. The maximum absolute atomic E-state index is 12.1. The summed E-state index contributed by atoms with van der Waals surface area (Å²) in [5, 5.41) is 3.44. The Labute approximate surface area is 140 Å². The first-order valence-corrected chi connectivity index (χ1v) is 8.72. The van der Waals surface area contributed by atoms with Crippen molar-refractivity contribution in [3.05, 3.63) is 33.3 Å². The van der Waals surface area contributed by atoms with Crippen LogP contribution in [0.1, 0.15) is 43.0 Å². The van der Waals surface area contributed by atoms with Gasteiger partial charge < -0.3 is 10.2 Å². The number of amides is 1. The van der Waals surface area contributed by atoms with Crippen LogP contribution >= 0.6 is 27.5 Å². The summed E-state index contributed by atoms with van der Waals surface area (Å²) >= 11 is 9.41. The van der Waals surface area contributed by atoms with E-state index >= 15 is 0 Å². The fraction of sp³-hybridized carbons (Fsp3) is 0.562. The van der Waals surface area contributed by atoms with Gasteiger partial charge in [-0.05, 0) is 50.9 Å². The molecule has 116 valence electrons. The molecule has 1 aliphatic heterocycles. The molecule has 1 aromatic rings. The molecule has 0 bridgehead atoms. The third-order valence-corrected chi connectivity index (χ3v) is 4.84. The highest BCUT2D eigenvalue weighted by atomic mass is 79.9. The monoisotopic (exact) mass is 372 g/mol. The Morgan fingerprint density at radius 1 is 1.48 bits per heavy atom. The van der Waals surface area contributed by atoms with E-state index in [4.69, 9.17) is 11.6 Å². The summed E-state index contributed by atoms with van der Waals surface area (Å²) in [7, 11) is 0. The molecule has 0 aromatic heterocycles. The zero-order valence-electron chi connectivity index (χ0n) is 12.4. The van der Waals surface area contributed by atoms with Gasteiger partial charge >= 0.3 is 0 Å². The molecule has 0 saturated carbocycles. The molecule has 5 heteroatoms. The molecule has 1 aliphatic rings. The standard InChI is InChI=1S/C16H22BrClN2O/c1-12-5-2-3-9-20(12)10-4-8-19-16(21)14-11-13(17)6-7-15(14)18/h6-7,11-12H,2-5,8-10H2,1H3,(H,19,21). The highest BCUT2D eigenvalue weighted by Crippen LogP contribution is 2.21. The molecule has 21 heavy (non-hydrogen) atoms. The number of halogens is 2. The minimum Gasteiger partial charge on any atom is -0.352 e. The van der Waals surface area contributed by atoms with Crippen molar-refractivity contribution in [2.45, 2.75) is 38.6 Å². The molecule has 1 amide bonds. The summed E-state index contributed by atoms with van der Waals surface area (Å²) in [6.07, 6.45) is 4.90. The molecule has 2 rings (SSSR count). The third-order valence-electron chi connectivity index (χ3n) is 4.02. The number of rotatable bonds is 5. The van der Waals surface area contributed by atoms with Crippen molar-refractivity contribution in [3.63, 3.8) is 0 Å². The second-order valence-electron chi connectivity index (χ2n) is 5.61. The van der Waals surface area contributed by atoms with Gasteiger partial charge in [0, 0.05) is 23.6 Å². The number of benzene rings is 1. The highest BCUT2D eigenvalue weighted by molar-refractivity contribution is 9.10. The molecule has 0 aliphatic carbocycles. The lowest BCUT2D eigenvalue weighted by Crippen LogP contribution is -2.39. The molecule has 0 spiro atoms. The molecule has 1 saturated heterocycles. The van der Waals surface area contributed by atoms with Gasteiger partial charge in [-0.1, -0.05) is 34.0 Å². The number of carbonyl (C=O) groups is 1. The Balaban J connectivity index is 1.75. The van der Waals surface area contributed by atoms with Crippen LogP contribution in [0, 0.1) is 0 Å². The Hall–Kier alpha value is -0.580. The average molecular weight is 374 g/mol. The van der Waals surface area contributed by atoms with Crippen LogP contribution in [0.4, 0.5) is 0 Å². The van der Waals surface area contributed by atoms with Crippen LogP contribution in [-0.2, 0) is 0 Å². The lowest BCUT2D eigenvalue weighted by Gasteiger charge is -2.33. The van der Waals surface area contributed by atoms with Crippen molar-refractivity contribution >= 4 is 33.4 Å². The molecule has 1 heterocycles. The van der Waals surface area contributed by atoms with Crippen molar-refractivity contribution in [3.8, 4) is 0 Å². The maximum Gasteiger partial charge on any atom is 0.252 e. The fourth-order valence-electron chi connectivity index (χ4n) is 2.74. The quantitative estimate of drug-likeness (QED) is 0.788. The van der Waals surface area contributed by atoms with E-state index in [9.17, 15) is 4.79 Å². The van der Waals surface area contributed by atoms with Crippen LogP contribution in [0.15, 0.2) is 22.7 Å². The van der Waals surface area contributed by atoms with Gasteiger partial charge in [-0.25, -0.2) is 0 Å². The van der Waals surface area contributed by atoms with Crippen LogP contribution in [0.3, 0.4) is 0 Å². The van der Waals surface area contributed by atoms with Crippen molar-refractivity contribution in [2.75, 3.05) is 19.6 Å². The van der Waals surface area contributed by atoms with Crippen LogP contribution in [0.25, 0.3) is 0 Å². The molecule has 3 nitrogen and oxygen atoms in total. The van der Waals surface area contributed by atoms with E-state index in [1.807, 2.05) is 6.07 Å². The molecule has 1 N–H and O–H groups in total. The summed E-state index contributed by atoms with van der Waals surface area (Å²) in [6.45, 7) is 5.21. The third kappa shape index (κ3) is 4.97. The minimum atomic E-state index is -0.104. The van der Waals surface area contributed by atoms with Crippen molar-refractivity contribution < 1.29 is 4.79 Å². The zero-order chi connectivity index (χ0) is 15.2. The van der Waals surface area contributed by atoms with Gasteiger partial charge in [-0.15, -0.1) is 0 Å². The van der Waals surface area contributed by atoms with Gasteiger partial charge in [0.05, 0.1) is 10.6 Å². The van der Waals surface area contributed by atoms with E-state index in [-0.39, 0.29) is 5.91 Å². The predicted molar refractivity (Wildman–Crippen MR) is 91.0 cm³/mol. The second-order valence-corrected chi connectivity index (χ2v) is 6.94. The molecule has 1 aromatic carbocycles. The number of nitrogens with zero attached hydrogens (tertiary/aromatic N) is 1. The first-order chi connectivity index (χ1) is 10.1. The van der Waals surface area contributed by atoms with Gasteiger partial charge in [0.1, 0.15) is 0 Å². The second kappa shape index (κ2) is 8.16. The van der Waals surface area contributed by atoms with Gasteiger partial charge in [-0.2, -0.15) is 0 Å². The fourth-order valence-corrected chi connectivity index (χ4v) is 3.31. The number of piperidine rings is 1. The van der Waals surface area contributed by atoms with Crippen LogP contribution in [-0.4, -0.2) is 36.5 Å². The summed E-state index contributed by atoms with van der Waals surface area (Å²) in [5.74, 6) is -0.104. The maximum atomic E-state index is 12.1. The number of hydrogen-bond acceptors (Lipinski definition) is 2. The van der Waals surface area contributed by atoms with E-state index in [1.54, 1.807) is 12.1 Å². The Kier molecular flexibility index (Phi) is 6.52. The smallest absolute Gasteiger partial charge is 0.252 e. The normalized spacial score (nSPS) is 19.5. The Morgan fingerprint density at radius 3 is 3.05 bits per heavy atom. The van der Waals surface area contributed by atoms with Gasteiger partial charge in [0.2, 0.25) is 0 Å². The van der Waals surface area contributed by atoms with E-state index in [1.165, 1.54) is 25.8 Å². The lowest BCUT2D eigenvalue weighted by molar-refractivity contribution is 0.0949. The molecule has 0 radical (unpaired) electrons. The predicted octanol–water partition coefficient (Wildman–Crippen LogP) is 4.10. The molecule has 1 atom stereocenters. The summed E-state index contributed by atoms with van der Waals surface area (Å²) in [6, 6.07) is 5.99. The van der Waals surface area contributed by atoms with Crippen LogP contribution < -0.4 is 5.32 Å². The largest absolute Gasteiger partial charge is 0.352 e. The SMILES string of the molecule is CC1CCCCN1CCCNC(=O)c1cc(Br)ccc1Cl. The lowest BCUT2D eigenvalue weighted by atomic mass is 10.0. The number of carbonyl (C=O) groups excluding carboxylic acids is 1. The average Bonchev–Trinajstić information content (AvgIpc) is 2.47. The first kappa shape index (κ1) is 16.8. The van der Waals surface area contributed by atoms with E-state index in [0.717, 1.165) is 17.4 Å². The topological polar surface area (TPSA) is 32.3 Å². The van der Waals surface area contributed by atoms with E-state index in [0.29, 0.717) is 23.2 Å². The van der Waals surface area contributed by atoms with Crippen LogP contribution in [0.5, 0.6) is 0 Å². The summed E-state index contributed by atoms with van der Waals surface area (Å²) < 4.78 is 0.860. The minimum absolute atomic E-state index is 0.104. The Bertz CT molecular complexity index is 495. The van der Waals surface area contributed by atoms with E-state index in [2.05, 4.69) is 33.1 Å². The summed E-state index contributed by atoms with van der Waals surface area (Å²) in [4.78, 5) is 14.6. The zero-order valence-corrected chi connectivity index (χ0v) is 14.7. The molecular formula is C16H22BrClN2O. The number of hydrogen-bond donors (Lipinski definition) is 1. The molecular weight excluding hydrogens is 352 g/mol. The van der Waals surface area contributed by atoms with Crippen molar-refractivity contribution in [1.29, 1.82) is 0 Å². The molecule has 1 unspecified atom stereocenters. The van der Waals surface area contributed by atoms with Gasteiger partial charge in [0.15, 0.2) is 0 Å². The van der Waals surface area contributed by atoms with Crippen molar-refractivity contribution in [2.24, 2.45) is 0 Å². The van der Waals surface area contributed by atoms with Gasteiger partial charge in [0.25, 0.3) is 5.91 Å². The summed E-state index contributed by atoms with van der Waals surface area (Å²) in [5.41, 5.74) is 0.525. The van der Waals surface area contributed by atoms with Gasteiger partial charge in [-0.3, -0.25) is 4.79 Å². The Morgan fingerprint density at radius 2 is 2.29 bits per heavy atom.